The molecule has 8 heteroatoms. The Bertz CT molecular complexity index is 30.0. The van der Waals surface area contributed by atoms with Crippen molar-refractivity contribution in [1.82, 2.24) is 0 Å². The van der Waals surface area contributed by atoms with E-state index in [0.29, 0.717) is 0 Å². The van der Waals surface area contributed by atoms with E-state index >= 15 is 0 Å². The molecule has 0 spiro atoms. The largest absolute Gasteiger partial charge is 0.643 e. The second-order valence-electron chi connectivity index (χ2n) is 0.516. The molecule has 0 aliphatic carbocycles. The van der Waals surface area contributed by atoms with Gasteiger partial charge in [-0.15, -0.1) is 0 Å². The normalized spacial score (nSPS) is 7.88. The van der Waals surface area contributed by atoms with Crippen molar-refractivity contribution in [2.24, 2.45) is 0 Å². The highest BCUT2D eigenvalue weighted by molar-refractivity contribution is 7.54. The average Bonchev–Trinajstić information content (AvgIpc) is 1.25. The third-order valence-corrected chi connectivity index (χ3v) is 0. The minimum absolute atomic E-state index is 1.72. The Hall–Kier alpha value is 1.71. The molecule has 0 amide bonds. The first-order chi connectivity index (χ1) is 3.46. The molecular formula is H3AlCl3O3P. The molecule has 0 heterocycles. The molecule has 0 atom stereocenters. The Morgan fingerprint density at radius 1 is 1.00 bits per heavy atom. The van der Waals surface area contributed by atoms with Gasteiger partial charge in [-0.1, -0.05) is 0 Å². The maximum atomic E-state index is 7.23. The minimum atomic E-state index is -2.62. The fourth-order valence-corrected chi connectivity index (χ4v) is 0. The average molecular weight is 215 g/mol. The molecule has 0 rings (SSSR count). The van der Waals surface area contributed by atoms with Crippen LogP contribution in [0.4, 0.5) is 0 Å². The zero-order chi connectivity index (χ0) is 7.15. The number of halogens is 3. The summed E-state index contributed by atoms with van der Waals surface area (Å²) in [5.41, 5.74) is 0. The topological polar surface area (TPSA) is 60.7 Å². The molecule has 50 valence electrons. The van der Waals surface area contributed by atoms with Gasteiger partial charge >= 0.3 is 20.0 Å². The lowest BCUT2D eigenvalue weighted by Crippen LogP contribution is -1.66. The summed E-state index contributed by atoms with van der Waals surface area (Å²) in [7, 11) is 12.2. The van der Waals surface area contributed by atoms with Crippen LogP contribution in [0, 0.1) is 0 Å². The molecule has 0 aliphatic heterocycles. The van der Waals surface area contributed by atoms with Crippen molar-refractivity contribution in [2.75, 3.05) is 0 Å². The van der Waals surface area contributed by atoms with Crippen molar-refractivity contribution in [1.29, 1.82) is 0 Å². The summed E-state index contributed by atoms with van der Waals surface area (Å²) in [6.07, 6.45) is 0. The van der Waals surface area contributed by atoms with E-state index < -0.39 is 20.0 Å². The van der Waals surface area contributed by atoms with Gasteiger partial charge in [0.1, 0.15) is 0 Å². The highest BCUT2D eigenvalue weighted by Crippen LogP contribution is 2.11. The van der Waals surface area contributed by atoms with Crippen molar-refractivity contribution in [3.8, 4) is 0 Å². The predicted molar refractivity (Wildman–Crippen MR) is 36.9 cm³/mol. The number of hydrogen-bond donors (Lipinski definition) is 3. The van der Waals surface area contributed by atoms with Crippen molar-refractivity contribution in [2.45, 2.75) is 0 Å². The van der Waals surface area contributed by atoms with Crippen molar-refractivity contribution < 1.29 is 14.7 Å². The van der Waals surface area contributed by atoms with Crippen molar-refractivity contribution in [3.63, 3.8) is 0 Å². The van der Waals surface area contributed by atoms with Crippen molar-refractivity contribution in [3.05, 3.63) is 0 Å². The van der Waals surface area contributed by atoms with Gasteiger partial charge in [-0.25, -0.2) is 30.1 Å². The zero-order valence-electron chi connectivity index (χ0n) is 3.50. The van der Waals surface area contributed by atoms with Gasteiger partial charge in [0.25, 0.3) is 0 Å². The minimum Gasteiger partial charge on any atom is -0.328 e. The van der Waals surface area contributed by atoms with Gasteiger partial charge in [0, 0.05) is 0 Å². The molecule has 8 heavy (non-hydrogen) atoms. The van der Waals surface area contributed by atoms with Crippen LogP contribution in [0.15, 0.2) is 0 Å². The highest BCUT2D eigenvalue weighted by atomic mass is 35.8. The van der Waals surface area contributed by atoms with Crippen LogP contribution in [0.5, 0.6) is 0 Å². The molecule has 0 fully saturated rings. The fourth-order valence-electron chi connectivity index (χ4n) is 0. The van der Waals surface area contributed by atoms with Crippen LogP contribution in [0.3, 0.4) is 0 Å². The maximum absolute atomic E-state index is 7.23. The molecule has 0 unspecified atom stereocenters. The second kappa shape index (κ2) is 8.71. The zero-order valence-corrected chi connectivity index (χ0v) is 7.82. The molecular weight excluding hydrogens is 212 g/mol. The van der Waals surface area contributed by atoms with Crippen LogP contribution in [0.25, 0.3) is 0 Å². The number of rotatable bonds is 0. The van der Waals surface area contributed by atoms with Crippen LogP contribution in [-0.4, -0.2) is 26.1 Å². The van der Waals surface area contributed by atoms with Crippen molar-refractivity contribution >= 4 is 50.1 Å². The van der Waals surface area contributed by atoms with Gasteiger partial charge in [0.15, 0.2) is 0 Å². The first kappa shape index (κ1) is 12.4. The van der Waals surface area contributed by atoms with Gasteiger partial charge in [-0.3, -0.25) is 0 Å². The summed E-state index contributed by atoms with van der Waals surface area (Å²) in [4.78, 5) is 21.7. The van der Waals surface area contributed by atoms with Gasteiger partial charge < -0.3 is 14.7 Å². The summed E-state index contributed by atoms with van der Waals surface area (Å²) >= 11 is -1.72. The summed E-state index contributed by atoms with van der Waals surface area (Å²) in [5.74, 6) is 0. The van der Waals surface area contributed by atoms with E-state index in [1.807, 2.05) is 0 Å². The van der Waals surface area contributed by atoms with E-state index in [1.54, 1.807) is 0 Å². The van der Waals surface area contributed by atoms with Gasteiger partial charge in [-0.05, 0) is 0 Å². The molecule has 0 radical (unpaired) electrons. The molecule has 0 aromatic carbocycles. The molecule has 0 saturated carbocycles. The Labute approximate surface area is 64.8 Å². The third-order valence-electron chi connectivity index (χ3n) is 0. The first-order valence-corrected chi connectivity index (χ1v) is 7.69. The SMILES string of the molecule is OP(O)O.[Cl][Al]([Cl])[Cl]. The van der Waals surface area contributed by atoms with E-state index in [2.05, 4.69) is 0 Å². The molecule has 0 saturated heterocycles. The van der Waals surface area contributed by atoms with E-state index in [-0.39, 0.29) is 0 Å². The molecule has 3 N–H and O–H groups in total. The second-order valence-corrected chi connectivity index (χ2v) is 7.49. The van der Waals surface area contributed by atoms with Gasteiger partial charge in [0.2, 0.25) is 0 Å². The van der Waals surface area contributed by atoms with Gasteiger partial charge in [-0.2, -0.15) is 0 Å². The van der Waals surface area contributed by atoms with E-state index in [9.17, 15) is 0 Å². The summed E-state index contributed by atoms with van der Waals surface area (Å²) in [6.45, 7) is 0. The summed E-state index contributed by atoms with van der Waals surface area (Å²) in [6, 6.07) is 0. The molecule has 0 aromatic heterocycles. The Morgan fingerprint density at radius 3 is 1.00 bits per heavy atom. The smallest absolute Gasteiger partial charge is 0.328 e. The van der Waals surface area contributed by atoms with Crippen LogP contribution in [-0.2, 0) is 0 Å². The Kier molecular flexibility index (Phi) is 13.5. The van der Waals surface area contributed by atoms with E-state index in [1.165, 1.54) is 0 Å². The fraction of sp³-hybridized carbons (Fsp3) is 0. The molecule has 0 aromatic rings. The Balaban J connectivity index is 0. The lowest BCUT2D eigenvalue weighted by molar-refractivity contribution is 0.368. The summed E-state index contributed by atoms with van der Waals surface area (Å²) < 4.78 is 0. The summed E-state index contributed by atoms with van der Waals surface area (Å²) in [5, 5.41) is 0. The standard InChI is InChI=1S/Al.3ClH.H3O3P/c;;;;1-4(2)3/h;3*1H;1-3H/q+3;;;;/p-3. The number of hydrogen-bond acceptors (Lipinski definition) is 3. The molecule has 0 bridgehead atoms. The highest BCUT2D eigenvalue weighted by Gasteiger charge is 2.00. The van der Waals surface area contributed by atoms with E-state index in [4.69, 9.17) is 44.8 Å². The van der Waals surface area contributed by atoms with Gasteiger partial charge in [0.05, 0.1) is 0 Å². The van der Waals surface area contributed by atoms with Crippen LogP contribution < -0.4 is 0 Å². The van der Waals surface area contributed by atoms with Crippen LogP contribution in [0.1, 0.15) is 0 Å². The first-order valence-electron chi connectivity index (χ1n) is 1.25. The quantitative estimate of drug-likeness (QED) is 0.415. The maximum Gasteiger partial charge on any atom is 0.643 e. The van der Waals surface area contributed by atoms with Crippen LogP contribution >= 0.6 is 38.7 Å². The lowest BCUT2D eigenvalue weighted by atomic mass is 15.8. The Morgan fingerprint density at radius 2 is 1.00 bits per heavy atom. The molecule has 3 nitrogen and oxygen atoms in total. The van der Waals surface area contributed by atoms with E-state index in [0.717, 1.165) is 0 Å². The third kappa shape index (κ3) is 118. The van der Waals surface area contributed by atoms with Crippen LogP contribution in [0.2, 0.25) is 0 Å². The predicted octanol–water partition coefficient (Wildman–Crippen LogP) is 0.878. The lowest BCUT2D eigenvalue weighted by Gasteiger charge is -1.76. The molecule has 0 aliphatic rings. The monoisotopic (exact) mass is 214 g/mol.